The highest BCUT2D eigenvalue weighted by Crippen LogP contribution is 2.23. The summed E-state index contributed by atoms with van der Waals surface area (Å²) in [7, 11) is 0. The van der Waals surface area contributed by atoms with E-state index in [1.54, 1.807) is 45.1 Å². The summed E-state index contributed by atoms with van der Waals surface area (Å²) in [5.74, 6) is 0.124. The Hall–Kier alpha value is -2.01. The van der Waals surface area contributed by atoms with Crippen LogP contribution < -0.4 is 11.1 Å². The fraction of sp³-hybridized carbons (Fsp3) is 0.357. The maximum atomic E-state index is 11.6. The number of aromatic hydroxyl groups is 1. The molecule has 0 aromatic heterocycles. The molecule has 0 radical (unpaired) electrons. The van der Waals surface area contributed by atoms with Gasteiger partial charge in [0.1, 0.15) is 11.4 Å². The number of amides is 1. The van der Waals surface area contributed by atoms with Crippen molar-refractivity contribution in [2.75, 3.05) is 11.9 Å². The van der Waals surface area contributed by atoms with E-state index in [2.05, 4.69) is 5.32 Å². The van der Waals surface area contributed by atoms with Gasteiger partial charge in [-0.25, -0.2) is 4.79 Å². The van der Waals surface area contributed by atoms with Crippen molar-refractivity contribution < 1.29 is 14.6 Å². The number of rotatable bonds is 3. The van der Waals surface area contributed by atoms with Gasteiger partial charge in [0.2, 0.25) is 0 Å². The Balaban J connectivity index is 2.80. The monoisotopic (exact) mass is 264 g/mol. The fourth-order valence-electron chi connectivity index (χ4n) is 1.38. The largest absolute Gasteiger partial charge is 0.507 e. The van der Waals surface area contributed by atoms with Gasteiger partial charge in [0.15, 0.2) is 0 Å². The minimum atomic E-state index is -0.552. The van der Waals surface area contributed by atoms with Crippen molar-refractivity contribution in [2.24, 2.45) is 5.73 Å². The smallest absolute Gasteiger partial charge is 0.412 e. The van der Waals surface area contributed by atoms with Crippen LogP contribution in [-0.2, 0) is 4.74 Å². The van der Waals surface area contributed by atoms with Crippen molar-refractivity contribution in [3.63, 3.8) is 0 Å². The minimum absolute atomic E-state index is 0.124. The first-order valence-corrected chi connectivity index (χ1v) is 6.01. The summed E-state index contributed by atoms with van der Waals surface area (Å²) in [5, 5.41) is 12.3. The molecular weight excluding hydrogens is 244 g/mol. The van der Waals surface area contributed by atoms with Crippen LogP contribution in [0.3, 0.4) is 0 Å². The fourth-order valence-corrected chi connectivity index (χ4v) is 1.38. The van der Waals surface area contributed by atoms with Gasteiger partial charge in [0, 0.05) is 17.8 Å². The van der Waals surface area contributed by atoms with Crippen LogP contribution in [0.25, 0.3) is 6.08 Å². The molecule has 0 unspecified atom stereocenters. The number of anilines is 1. The Kier molecular flexibility index (Phi) is 4.94. The third kappa shape index (κ3) is 5.44. The zero-order chi connectivity index (χ0) is 14.5. The van der Waals surface area contributed by atoms with Gasteiger partial charge in [0.25, 0.3) is 0 Å². The molecule has 0 saturated carbocycles. The molecule has 0 aliphatic heterocycles. The molecule has 5 nitrogen and oxygen atoms in total. The van der Waals surface area contributed by atoms with Crippen molar-refractivity contribution in [3.05, 3.63) is 29.8 Å². The van der Waals surface area contributed by atoms with Crippen molar-refractivity contribution >= 4 is 17.9 Å². The Morgan fingerprint density at radius 2 is 2.16 bits per heavy atom. The molecule has 104 valence electrons. The van der Waals surface area contributed by atoms with Crippen LogP contribution in [-0.4, -0.2) is 23.3 Å². The predicted molar refractivity (Wildman–Crippen MR) is 76.1 cm³/mol. The molecule has 1 aromatic carbocycles. The normalized spacial score (nSPS) is 11.6. The van der Waals surface area contributed by atoms with Crippen molar-refractivity contribution in [1.82, 2.24) is 0 Å². The van der Waals surface area contributed by atoms with E-state index in [-0.39, 0.29) is 5.75 Å². The van der Waals surface area contributed by atoms with Gasteiger partial charge in [-0.05, 0) is 39.0 Å². The molecular formula is C14H20N2O3. The number of nitrogens with two attached hydrogens (primary N) is 1. The third-order valence-corrected chi connectivity index (χ3v) is 2.11. The lowest BCUT2D eigenvalue weighted by molar-refractivity contribution is 0.0636. The number of hydrogen-bond donors (Lipinski definition) is 3. The van der Waals surface area contributed by atoms with E-state index < -0.39 is 11.7 Å². The van der Waals surface area contributed by atoms with Crippen molar-refractivity contribution in [2.45, 2.75) is 26.4 Å². The van der Waals surface area contributed by atoms with Crippen LogP contribution in [0, 0.1) is 0 Å². The zero-order valence-corrected chi connectivity index (χ0v) is 11.4. The summed E-state index contributed by atoms with van der Waals surface area (Å²) in [6.45, 7) is 5.75. The number of ether oxygens (including phenoxy) is 1. The highest BCUT2D eigenvalue weighted by Gasteiger charge is 2.16. The van der Waals surface area contributed by atoms with Gasteiger partial charge in [-0.2, -0.15) is 0 Å². The summed E-state index contributed by atoms with van der Waals surface area (Å²) in [5.41, 5.74) is 5.93. The summed E-state index contributed by atoms with van der Waals surface area (Å²) < 4.78 is 5.14. The van der Waals surface area contributed by atoms with E-state index in [1.165, 1.54) is 6.07 Å². The van der Waals surface area contributed by atoms with Gasteiger partial charge in [-0.3, -0.25) is 5.32 Å². The average molecular weight is 264 g/mol. The summed E-state index contributed by atoms with van der Waals surface area (Å²) in [6, 6.07) is 4.74. The second-order valence-electron chi connectivity index (χ2n) is 5.04. The van der Waals surface area contributed by atoms with Crippen LogP contribution in [0.1, 0.15) is 26.3 Å². The first-order valence-electron chi connectivity index (χ1n) is 6.01. The topological polar surface area (TPSA) is 84.6 Å². The number of carbonyl (C=O) groups is 1. The molecule has 0 aliphatic rings. The lowest BCUT2D eigenvalue weighted by atomic mass is 10.1. The number of nitrogens with one attached hydrogen (secondary N) is 1. The molecule has 0 heterocycles. The second kappa shape index (κ2) is 6.24. The van der Waals surface area contributed by atoms with Crippen LogP contribution in [0.2, 0.25) is 0 Å². The summed E-state index contributed by atoms with van der Waals surface area (Å²) in [6.07, 6.45) is 2.87. The quantitative estimate of drug-likeness (QED) is 0.733. The SMILES string of the molecule is CC(C)(C)OC(=O)Nc1ccc(O)c(/C=C/CN)c1. The molecule has 19 heavy (non-hydrogen) atoms. The van der Waals surface area contributed by atoms with E-state index in [4.69, 9.17) is 10.5 Å². The molecule has 0 spiro atoms. The summed E-state index contributed by atoms with van der Waals surface area (Å²) in [4.78, 5) is 11.6. The molecule has 1 amide bonds. The predicted octanol–water partition coefficient (Wildman–Crippen LogP) is 2.71. The van der Waals surface area contributed by atoms with Crippen LogP contribution in [0.5, 0.6) is 5.75 Å². The van der Waals surface area contributed by atoms with Gasteiger partial charge in [-0.1, -0.05) is 12.2 Å². The lowest BCUT2D eigenvalue weighted by Gasteiger charge is -2.19. The number of phenols is 1. The van der Waals surface area contributed by atoms with E-state index in [1.807, 2.05) is 0 Å². The maximum Gasteiger partial charge on any atom is 0.412 e. The Labute approximate surface area is 113 Å². The molecule has 0 aliphatic carbocycles. The summed E-state index contributed by atoms with van der Waals surface area (Å²) >= 11 is 0. The molecule has 0 saturated heterocycles. The van der Waals surface area contributed by atoms with E-state index in [9.17, 15) is 9.90 Å². The van der Waals surface area contributed by atoms with Gasteiger partial charge in [-0.15, -0.1) is 0 Å². The molecule has 1 rings (SSSR count). The Morgan fingerprint density at radius 3 is 2.74 bits per heavy atom. The number of benzene rings is 1. The maximum absolute atomic E-state index is 11.6. The molecule has 5 heteroatoms. The van der Waals surface area contributed by atoms with Crippen molar-refractivity contribution in [3.8, 4) is 5.75 Å². The zero-order valence-electron chi connectivity index (χ0n) is 11.4. The highest BCUT2D eigenvalue weighted by atomic mass is 16.6. The standard InChI is InChI=1S/C14H20N2O3/c1-14(2,3)19-13(18)16-11-6-7-12(17)10(9-11)5-4-8-15/h4-7,9,17H,8,15H2,1-3H3,(H,16,18)/b5-4+. The minimum Gasteiger partial charge on any atom is -0.507 e. The first kappa shape index (κ1) is 15.0. The highest BCUT2D eigenvalue weighted by molar-refractivity contribution is 5.85. The first-order chi connectivity index (χ1) is 8.81. The third-order valence-electron chi connectivity index (χ3n) is 2.11. The second-order valence-corrected chi connectivity index (χ2v) is 5.04. The Bertz CT molecular complexity index is 476. The number of phenolic OH excluding ortho intramolecular Hbond substituents is 1. The molecule has 0 atom stereocenters. The van der Waals surface area contributed by atoms with Crippen LogP contribution in [0.4, 0.5) is 10.5 Å². The van der Waals surface area contributed by atoms with E-state index >= 15 is 0 Å². The number of hydrogen-bond acceptors (Lipinski definition) is 4. The van der Waals surface area contributed by atoms with Crippen LogP contribution in [0.15, 0.2) is 24.3 Å². The lowest BCUT2D eigenvalue weighted by Crippen LogP contribution is -2.27. The van der Waals surface area contributed by atoms with Gasteiger partial charge in [0.05, 0.1) is 0 Å². The average Bonchev–Trinajstić information content (AvgIpc) is 2.27. The van der Waals surface area contributed by atoms with Crippen LogP contribution >= 0.6 is 0 Å². The van der Waals surface area contributed by atoms with E-state index in [0.717, 1.165) is 0 Å². The van der Waals surface area contributed by atoms with Gasteiger partial charge >= 0.3 is 6.09 Å². The van der Waals surface area contributed by atoms with E-state index in [0.29, 0.717) is 17.8 Å². The number of carbonyl (C=O) groups excluding carboxylic acids is 1. The molecule has 0 fully saturated rings. The molecule has 4 N–H and O–H groups in total. The molecule has 0 bridgehead atoms. The molecule has 1 aromatic rings. The Morgan fingerprint density at radius 1 is 1.47 bits per heavy atom. The van der Waals surface area contributed by atoms with Crippen molar-refractivity contribution in [1.29, 1.82) is 0 Å². The van der Waals surface area contributed by atoms with Gasteiger partial charge < -0.3 is 15.6 Å².